The molecule has 1 atom stereocenters. The average molecular weight is 297 g/mol. The number of carbonyl (C=O) groups is 2. The highest BCUT2D eigenvalue weighted by molar-refractivity contribution is 6.01. The fourth-order valence-corrected chi connectivity index (χ4v) is 2.80. The number of amides is 2. The van der Waals surface area contributed by atoms with Gasteiger partial charge in [0.25, 0.3) is 5.91 Å². The number of nitrogens with zero attached hydrogens (tertiary/aromatic N) is 2. The largest absolute Gasteiger partial charge is 0.353 e. The van der Waals surface area contributed by atoms with E-state index in [0.29, 0.717) is 24.3 Å². The summed E-state index contributed by atoms with van der Waals surface area (Å²) in [7, 11) is 0. The number of aromatic nitrogens is 1. The molecular weight excluding hydrogens is 278 g/mol. The summed E-state index contributed by atoms with van der Waals surface area (Å²) in [5.41, 5.74) is 3.29. The molecule has 0 bridgehead atoms. The first-order valence-corrected chi connectivity index (χ1v) is 7.44. The fraction of sp³-hybridized carbons (Fsp3) is 0.353. The van der Waals surface area contributed by atoms with Gasteiger partial charge in [-0.2, -0.15) is 0 Å². The number of hydrogen-bond acceptors (Lipinski definition) is 3. The number of piperazine rings is 1. The molecule has 3 rings (SSSR count). The molecule has 0 spiro atoms. The van der Waals surface area contributed by atoms with E-state index in [1.165, 1.54) is 0 Å². The zero-order chi connectivity index (χ0) is 15.9. The minimum Gasteiger partial charge on any atom is -0.353 e. The van der Waals surface area contributed by atoms with E-state index in [-0.39, 0.29) is 11.8 Å². The van der Waals surface area contributed by atoms with Crippen LogP contribution in [-0.4, -0.2) is 40.8 Å². The predicted molar refractivity (Wildman–Crippen MR) is 84.7 cm³/mol. The minimum atomic E-state index is -0.450. The van der Waals surface area contributed by atoms with Crippen LogP contribution in [0.2, 0.25) is 0 Å². The summed E-state index contributed by atoms with van der Waals surface area (Å²) in [4.78, 5) is 30.7. The molecule has 5 nitrogen and oxygen atoms in total. The van der Waals surface area contributed by atoms with Crippen molar-refractivity contribution in [2.45, 2.75) is 26.8 Å². The van der Waals surface area contributed by atoms with Crippen LogP contribution >= 0.6 is 0 Å². The van der Waals surface area contributed by atoms with Crippen LogP contribution in [-0.2, 0) is 4.79 Å². The summed E-state index contributed by atoms with van der Waals surface area (Å²) in [6.45, 7) is 6.62. The molecule has 1 aliphatic rings. The monoisotopic (exact) mass is 297 g/mol. The van der Waals surface area contributed by atoms with E-state index in [0.717, 1.165) is 16.5 Å². The van der Waals surface area contributed by atoms with E-state index in [1.807, 2.05) is 38.1 Å². The number of rotatable bonds is 1. The van der Waals surface area contributed by atoms with E-state index in [1.54, 1.807) is 11.8 Å². The highest BCUT2D eigenvalue weighted by Gasteiger charge is 2.30. The molecule has 1 saturated heterocycles. The van der Waals surface area contributed by atoms with Gasteiger partial charge < -0.3 is 10.2 Å². The van der Waals surface area contributed by atoms with Gasteiger partial charge in [0.1, 0.15) is 6.04 Å². The Labute approximate surface area is 129 Å². The lowest BCUT2D eigenvalue weighted by Crippen LogP contribution is -2.55. The van der Waals surface area contributed by atoms with Gasteiger partial charge in [0.05, 0.1) is 16.8 Å². The lowest BCUT2D eigenvalue weighted by atomic mass is 10.1. The van der Waals surface area contributed by atoms with Crippen LogP contribution in [0.5, 0.6) is 0 Å². The number of aryl methyl sites for hydroxylation is 2. The number of pyridine rings is 1. The molecule has 2 amide bonds. The van der Waals surface area contributed by atoms with Crippen molar-refractivity contribution >= 4 is 22.7 Å². The maximum Gasteiger partial charge on any atom is 0.256 e. The van der Waals surface area contributed by atoms with Gasteiger partial charge in [0.15, 0.2) is 0 Å². The maximum absolute atomic E-state index is 12.8. The maximum atomic E-state index is 12.8. The summed E-state index contributed by atoms with van der Waals surface area (Å²) < 4.78 is 0. The second kappa shape index (κ2) is 5.40. The molecule has 1 N–H and O–H groups in total. The lowest BCUT2D eigenvalue weighted by molar-refractivity contribution is -0.127. The third-order valence-electron chi connectivity index (χ3n) is 4.15. The topological polar surface area (TPSA) is 62.3 Å². The molecule has 114 valence electrons. The number of hydrogen-bond donors (Lipinski definition) is 1. The van der Waals surface area contributed by atoms with Crippen LogP contribution in [0.4, 0.5) is 0 Å². The number of benzene rings is 1. The number of carbonyl (C=O) groups excluding carboxylic acids is 2. The molecule has 1 fully saturated rings. The highest BCUT2D eigenvalue weighted by Crippen LogP contribution is 2.20. The van der Waals surface area contributed by atoms with E-state index in [9.17, 15) is 9.59 Å². The summed E-state index contributed by atoms with van der Waals surface area (Å²) in [6, 6.07) is 7.41. The molecule has 0 aliphatic carbocycles. The normalized spacial score (nSPS) is 18.4. The third kappa shape index (κ3) is 2.43. The number of nitrogens with one attached hydrogen (secondary N) is 1. The van der Waals surface area contributed by atoms with Gasteiger partial charge in [-0.1, -0.05) is 12.1 Å². The Morgan fingerprint density at radius 1 is 1.32 bits per heavy atom. The third-order valence-corrected chi connectivity index (χ3v) is 4.15. The fourth-order valence-electron chi connectivity index (χ4n) is 2.80. The first kappa shape index (κ1) is 14.5. The molecule has 2 heterocycles. The molecule has 1 unspecified atom stereocenters. The minimum absolute atomic E-state index is 0.110. The van der Waals surface area contributed by atoms with Gasteiger partial charge in [-0.05, 0) is 38.5 Å². The average Bonchev–Trinajstić information content (AvgIpc) is 2.48. The van der Waals surface area contributed by atoms with Crippen LogP contribution in [0.15, 0.2) is 24.3 Å². The standard InChI is InChI=1S/C17H19N3O2/c1-10-4-5-13-9-14(11(2)19-15(13)8-10)17(22)20-7-6-18-16(21)12(20)3/h4-5,8-9,12H,6-7H2,1-3H3,(H,18,21). The van der Waals surface area contributed by atoms with Crippen molar-refractivity contribution in [1.29, 1.82) is 0 Å². The first-order valence-electron chi connectivity index (χ1n) is 7.44. The van der Waals surface area contributed by atoms with Crippen molar-refractivity contribution < 1.29 is 9.59 Å². The Kier molecular flexibility index (Phi) is 3.56. The molecule has 1 aromatic carbocycles. The molecule has 0 radical (unpaired) electrons. The van der Waals surface area contributed by atoms with Gasteiger partial charge in [0, 0.05) is 18.5 Å². The van der Waals surface area contributed by atoms with E-state index < -0.39 is 6.04 Å². The van der Waals surface area contributed by atoms with Gasteiger partial charge in [-0.25, -0.2) is 0 Å². The summed E-state index contributed by atoms with van der Waals surface area (Å²) in [5, 5.41) is 3.71. The van der Waals surface area contributed by atoms with E-state index >= 15 is 0 Å². The van der Waals surface area contributed by atoms with Crippen LogP contribution in [0.1, 0.15) is 28.5 Å². The van der Waals surface area contributed by atoms with Gasteiger partial charge in [-0.15, -0.1) is 0 Å². The Balaban J connectivity index is 2.02. The van der Waals surface area contributed by atoms with Crippen molar-refractivity contribution in [3.8, 4) is 0 Å². The second-order valence-corrected chi connectivity index (χ2v) is 5.78. The quantitative estimate of drug-likeness (QED) is 0.873. The van der Waals surface area contributed by atoms with Crippen molar-refractivity contribution in [1.82, 2.24) is 15.2 Å². The Bertz CT molecular complexity index is 770. The predicted octanol–water partition coefficient (Wildman–Crippen LogP) is 1.81. The molecular formula is C17H19N3O2. The molecule has 2 aromatic rings. The number of fused-ring (bicyclic) bond motifs is 1. The van der Waals surface area contributed by atoms with Crippen molar-refractivity contribution in [2.75, 3.05) is 13.1 Å². The Morgan fingerprint density at radius 2 is 2.09 bits per heavy atom. The van der Waals surface area contributed by atoms with Crippen molar-refractivity contribution in [2.24, 2.45) is 0 Å². The van der Waals surface area contributed by atoms with Crippen LogP contribution in [0.25, 0.3) is 10.9 Å². The lowest BCUT2D eigenvalue weighted by Gasteiger charge is -2.33. The molecule has 5 heteroatoms. The van der Waals surface area contributed by atoms with Gasteiger partial charge in [0.2, 0.25) is 5.91 Å². The molecule has 1 aromatic heterocycles. The molecule has 0 saturated carbocycles. The molecule has 1 aliphatic heterocycles. The van der Waals surface area contributed by atoms with Gasteiger partial charge >= 0.3 is 0 Å². The summed E-state index contributed by atoms with van der Waals surface area (Å²) >= 11 is 0. The summed E-state index contributed by atoms with van der Waals surface area (Å²) in [6.07, 6.45) is 0. The summed E-state index contributed by atoms with van der Waals surface area (Å²) in [5.74, 6) is -0.239. The van der Waals surface area contributed by atoms with E-state index in [2.05, 4.69) is 10.3 Å². The highest BCUT2D eigenvalue weighted by atomic mass is 16.2. The van der Waals surface area contributed by atoms with E-state index in [4.69, 9.17) is 0 Å². The van der Waals surface area contributed by atoms with Crippen molar-refractivity contribution in [3.05, 3.63) is 41.1 Å². The molecule has 22 heavy (non-hydrogen) atoms. The smallest absolute Gasteiger partial charge is 0.256 e. The second-order valence-electron chi connectivity index (χ2n) is 5.78. The van der Waals surface area contributed by atoms with Crippen molar-refractivity contribution in [3.63, 3.8) is 0 Å². The van der Waals surface area contributed by atoms with Crippen LogP contribution in [0, 0.1) is 13.8 Å². The first-order chi connectivity index (χ1) is 10.5. The Hall–Kier alpha value is -2.43. The Morgan fingerprint density at radius 3 is 2.86 bits per heavy atom. The zero-order valence-corrected chi connectivity index (χ0v) is 13.0. The van der Waals surface area contributed by atoms with Gasteiger partial charge in [-0.3, -0.25) is 14.6 Å². The SMILES string of the molecule is Cc1ccc2cc(C(=O)N3CCNC(=O)C3C)c(C)nc2c1. The zero-order valence-electron chi connectivity index (χ0n) is 13.0. The van der Waals surface area contributed by atoms with Crippen LogP contribution in [0.3, 0.4) is 0 Å². The van der Waals surface area contributed by atoms with Crippen LogP contribution < -0.4 is 5.32 Å².